The summed E-state index contributed by atoms with van der Waals surface area (Å²) in [5.74, 6) is 0.389. The second kappa shape index (κ2) is 7.65. The van der Waals surface area contributed by atoms with Crippen molar-refractivity contribution in [3.05, 3.63) is 58.1 Å². The number of carbonyl (C=O) groups is 1. The molecule has 1 amide bonds. The van der Waals surface area contributed by atoms with Crippen LogP contribution in [0.15, 0.2) is 41.5 Å². The monoisotopic (exact) mass is 332 g/mol. The highest BCUT2D eigenvalue weighted by Crippen LogP contribution is 2.25. The summed E-state index contributed by atoms with van der Waals surface area (Å²) in [7, 11) is 0. The van der Waals surface area contributed by atoms with Crippen LogP contribution in [0.3, 0.4) is 0 Å². The standard InChI is InChI=1S/C17H17ClN2O3/c1-11-7-15(8-12(2)17(11)18)23-10-16(22)20-19-9-13-3-5-14(21)6-4-13/h3-9,21H,10H2,1-2H3,(H,20,22)/b19-9-. The molecule has 6 heteroatoms. The van der Waals surface area contributed by atoms with E-state index >= 15 is 0 Å². The van der Waals surface area contributed by atoms with Crippen LogP contribution >= 0.6 is 11.6 Å². The predicted octanol–water partition coefficient (Wildman–Crippen LogP) is 3.19. The number of benzene rings is 2. The third kappa shape index (κ3) is 5.00. The van der Waals surface area contributed by atoms with E-state index in [1.807, 2.05) is 13.8 Å². The summed E-state index contributed by atoms with van der Waals surface area (Å²) in [5, 5.41) is 13.7. The van der Waals surface area contributed by atoms with Crippen LogP contribution in [-0.2, 0) is 4.79 Å². The van der Waals surface area contributed by atoms with Gasteiger partial charge in [0.2, 0.25) is 0 Å². The van der Waals surface area contributed by atoms with Crippen LogP contribution in [0.25, 0.3) is 0 Å². The van der Waals surface area contributed by atoms with Gasteiger partial charge in [-0.25, -0.2) is 5.43 Å². The molecule has 0 unspecified atom stereocenters. The zero-order valence-corrected chi connectivity index (χ0v) is 13.6. The van der Waals surface area contributed by atoms with Gasteiger partial charge in [-0.3, -0.25) is 4.79 Å². The fourth-order valence-corrected chi connectivity index (χ4v) is 2.02. The van der Waals surface area contributed by atoms with E-state index in [-0.39, 0.29) is 18.3 Å². The first-order valence-corrected chi connectivity index (χ1v) is 7.34. The van der Waals surface area contributed by atoms with Crippen LogP contribution in [0.4, 0.5) is 0 Å². The Morgan fingerprint density at radius 1 is 1.26 bits per heavy atom. The molecule has 2 rings (SSSR count). The lowest BCUT2D eigenvalue weighted by Crippen LogP contribution is -2.24. The minimum atomic E-state index is -0.370. The lowest BCUT2D eigenvalue weighted by atomic mass is 10.1. The summed E-state index contributed by atoms with van der Waals surface area (Å²) < 4.78 is 5.43. The molecule has 0 spiro atoms. The van der Waals surface area contributed by atoms with E-state index in [0.717, 1.165) is 16.7 Å². The van der Waals surface area contributed by atoms with E-state index in [2.05, 4.69) is 10.5 Å². The number of halogens is 1. The quantitative estimate of drug-likeness (QED) is 0.652. The number of amides is 1. The SMILES string of the molecule is Cc1cc(OCC(=O)N/N=C\c2ccc(O)cc2)cc(C)c1Cl. The first-order valence-electron chi connectivity index (χ1n) is 6.96. The molecule has 2 aromatic carbocycles. The Morgan fingerprint density at radius 3 is 2.48 bits per heavy atom. The largest absolute Gasteiger partial charge is 0.508 e. The van der Waals surface area contributed by atoms with Crippen LogP contribution < -0.4 is 10.2 Å². The average molecular weight is 333 g/mol. The first-order chi connectivity index (χ1) is 11.0. The van der Waals surface area contributed by atoms with E-state index in [1.165, 1.54) is 18.3 Å². The molecule has 0 fully saturated rings. The van der Waals surface area contributed by atoms with Gasteiger partial charge in [-0.1, -0.05) is 11.6 Å². The maximum atomic E-state index is 11.7. The van der Waals surface area contributed by atoms with Crippen LogP contribution in [0, 0.1) is 13.8 Å². The van der Waals surface area contributed by atoms with Gasteiger partial charge in [-0.15, -0.1) is 0 Å². The van der Waals surface area contributed by atoms with Gasteiger partial charge in [-0.05, 0) is 66.9 Å². The van der Waals surface area contributed by atoms with Crippen molar-refractivity contribution in [2.24, 2.45) is 5.10 Å². The summed E-state index contributed by atoms with van der Waals surface area (Å²) in [6, 6.07) is 10.0. The van der Waals surface area contributed by atoms with Crippen molar-refractivity contribution in [1.82, 2.24) is 5.43 Å². The molecule has 0 saturated heterocycles. The summed E-state index contributed by atoms with van der Waals surface area (Å²) in [6.45, 7) is 3.61. The molecule has 0 heterocycles. The van der Waals surface area contributed by atoms with Crippen molar-refractivity contribution in [2.75, 3.05) is 6.61 Å². The molecule has 0 aliphatic carbocycles. The van der Waals surface area contributed by atoms with E-state index in [4.69, 9.17) is 21.4 Å². The fourth-order valence-electron chi connectivity index (χ4n) is 1.91. The van der Waals surface area contributed by atoms with Crippen LogP contribution in [0.5, 0.6) is 11.5 Å². The summed E-state index contributed by atoms with van der Waals surface area (Å²) in [5.41, 5.74) is 4.92. The zero-order valence-electron chi connectivity index (χ0n) is 12.8. The molecule has 5 nitrogen and oxygen atoms in total. The summed E-state index contributed by atoms with van der Waals surface area (Å²) >= 11 is 6.08. The first kappa shape index (κ1) is 16.8. The maximum absolute atomic E-state index is 11.7. The smallest absolute Gasteiger partial charge is 0.277 e. The second-order valence-corrected chi connectivity index (χ2v) is 5.42. The number of rotatable bonds is 5. The number of hydrogen-bond donors (Lipinski definition) is 2. The van der Waals surface area contributed by atoms with Crippen molar-refractivity contribution in [3.63, 3.8) is 0 Å². The number of phenols is 1. The summed E-state index contributed by atoms with van der Waals surface area (Å²) in [4.78, 5) is 11.7. The van der Waals surface area contributed by atoms with Crippen molar-refractivity contribution >= 4 is 23.7 Å². The zero-order chi connectivity index (χ0) is 16.8. The minimum Gasteiger partial charge on any atom is -0.508 e. The number of nitrogens with zero attached hydrogens (tertiary/aromatic N) is 1. The predicted molar refractivity (Wildman–Crippen MR) is 90.3 cm³/mol. The number of nitrogens with one attached hydrogen (secondary N) is 1. The molecule has 0 atom stereocenters. The lowest BCUT2D eigenvalue weighted by Gasteiger charge is -2.09. The highest BCUT2D eigenvalue weighted by molar-refractivity contribution is 6.32. The van der Waals surface area contributed by atoms with Gasteiger partial charge in [0.1, 0.15) is 11.5 Å². The molecular formula is C17H17ClN2O3. The summed E-state index contributed by atoms with van der Waals surface area (Å²) in [6.07, 6.45) is 1.48. The number of ether oxygens (including phenoxy) is 1. The van der Waals surface area contributed by atoms with E-state index in [1.54, 1.807) is 24.3 Å². The number of phenolic OH excluding ortho intramolecular Hbond substituents is 1. The third-order valence-electron chi connectivity index (χ3n) is 3.08. The Kier molecular flexibility index (Phi) is 5.60. The number of aromatic hydroxyl groups is 1. The van der Waals surface area contributed by atoms with Gasteiger partial charge in [0.05, 0.1) is 6.21 Å². The maximum Gasteiger partial charge on any atom is 0.277 e. The highest BCUT2D eigenvalue weighted by atomic mass is 35.5. The molecular weight excluding hydrogens is 316 g/mol. The molecule has 23 heavy (non-hydrogen) atoms. The number of aryl methyl sites for hydroxylation is 2. The molecule has 2 N–H and O–H groups in total. The minimum absolute atomic E-state index is 0.145. The van der Waals surface area contributed by atoms with Crippen LogP contribution in [0.2, 0.25) is 5.02 Å². The Balaban J connectivity index is 1.84. The number of hydrogen-bond acceptors (Lipinski definition) is 4. The molecule has 0 aliphatic rings. The Bertz CT molecular complexity index is 704. The van der Waals surface area contributed by atoms with Gasteiger partial charge in [-0.2, -0.15) is 5.10 Å². The second-order valence-electron chi connectivity index (χ2n) is 5.04. The lowest BCUT2D eigenvalue weighted by molar-refractivity contribution is -0.123. The Labute approximate surface area is 139 Å². The Morgan fingerprint density at radius 2 is 1.87 bits per heavy atom. The van der Waals surface area contributed by atoms with Crippen molar-refractivity contribution in [3.8, 4) is 11.5 Å². The van der Waals surface area contributed by atoms with Crippen molar-refractivity contribution < 1.29 is 14.6 Å². The number of carbonyl (C=O) groups excluding carboxylic acids is 1. The van der Waals surface area contributed by atoms with E-state index in [0.29, 0.717) is 10.8 Å². The number of hydrazone groups is 1. The fraction of sp³-hybridized carbons (Fsp3) is 0.176. The normalized spacial score (nSPS) is 10.7. The van der Waals surface area contributed by atoms with Crippen molar-refractivity contribution in [1.29, 1.82) is 0 Å². The van der Waals surface area contributed by atoms with E-state index in [9.17, 15) is 4.79 Å². The molecule has 0 bridgehead atoms. The van der Waals surface area contributed by atoms with Crippen LogP contribution in [0.1, 0.15) is 16.7 Å². The third-order valence-corrected chi connectivity index (χ3v) is 3.67. The van der Waals surface area contributed by atoms with Gasteiger partial charge in [0.15, 0.2) is 6.61 Å². The van der Waals surface area contributed by atoms with Gasteiger partial charge in [0, 0.05) is 5.02 Å². The van der Waals surface area contributed by atoms with Crippen LogP contribution in [-0.4, -0.2) is 23.8 Å². The molecule has 2 aromatic rings. The molecule has 0 radical (unpaired) electrons. The molecule has 120 valence electrons. The Hall–Kier alpha value is -2.53. The van der Waals surface area contributed by atoms with Gasteiger partial charge >= 0.3 is 0 Å². The average Bonchev–Trinajstić information content (AvgIpc) is 2.52. The topological polar surface area (TPSA) is 70.9 Å². The van der Waals surface area contributed by atoms with Gasteiger partial charge in [0.25, 0.3) is 5.91 Å². The van der Waals surface area contributed by atoms with E-state index < -0.39 is 0 Å². The highest BCUT2D eigenvalue weighted by Gasteiger charge is 2.06. The molecule has 0 aromatic heterocycles. The van der Waals surface area contributed by atoms with Gasteiger partial charge < -0.3 is 9.84 Å². The van der Waals surface area contributed by atoms with Crippen molar-refractivity contribution in [2.45, 2.75) is 13.8 Å². The molecule has 0 saturated carbocycles. The molecule has 0 aliphatic heterocycles.